The van der Waals surface area contributed by atoms with E-state index < -0.39 is 65.0 Å². The molecule has 0 radical (unpaired) electrons. The number of aliphatic hydroxyl groups is 2. The highest BCUT2D eigenvalue weighted by Gasteiger charge is 2.82. The van der Waals surface area contributed by atoms with Gasteiger partial charge in [-0.3, -0.25) is 0 Å². The molecular weight excluding hydrogens is 518 g/mol. The van der Waals surface area contributed by atoms with Crippen LogP contribution < -0.4 is 4.74 Å². The monoisotopic (exact) mass is 542 g/mol. The lowest BCUT2D eigenvalue weighted by atomic mass is 9.30. The van der Waals surface area contributed by atoms with Crippen molar-refractivity contribution in [1.29, 1.82) is 0 Å². The molecule has 2 N–H and O–H groups in total. The van der Waals surface area contributed by atoms with E-state index in [1.165, 1.54) is 0 Å². The summed E-state index contributed by atoms with van der Waals surface area (Å²) in [7, 11) is 0. The first-order chi connectivity index (χ1) is 17.9. The van der Waals surface area contributed by atoms with Gasteiger partial charge < -0.3 is 14.9 Å². The summed E-state index contributed by atoms with van der Waals surface area (Å²) in [4.78, 5) is 0. The van der Waals surface area contributed by atoms with Crippen molar-refractivity contribution < 1.29 is 41.3 Å². The number of ether oxygens (including phenoxy) is 1. The van der Waals surface area contributed by atoms with Crippen molar-refractivity contribution in [3.05, 3.63) is 71.6 Å². The van der Waals surface area contributed by atoms with Gasteiger partial charge in [0.05, 0.1) is 12.6 Å². The van der Waals surface area contributed by atoms with Gasteiger partial charge in [-0.05, 0) is 64.9 Å². The van der Waals surface area contributed by atoms with E-state index in [4.69, 9.17) is 4.74 Å². The van der Waals surface area contributed by atoms with E-state index in [-0.39, 0.29) is 25.9 Å². The molecule has 3 saturated carbocycles. The molecule has 38 heavy (non-hydrogen) atoms. The topological polar surface area (TPSA) is 93.3 Å². The molecule has 6 rings (SSSR count). The third kappa shape index (κ3) is 4.21. The molecule has 1 heterocycles. The number of rotatable bonds is 11. The summed E-state index contributed by atoms with van der Waals surface area (Å²) >= 11 is 0. The van der Waals surface area contributed by atoms with Crippen LogP contribution in [0.5, 0.6) is 5.75 Å². The van der Waals surface area contributed by atoms with Gasteiger partial charge in [-0.1, -0.05) is 12.1 Å². The molecule has 1 aromatic heterocycles. The zero-order chi connectivity index (χ0) is 27.3. The van der Waals surface area contributed by atoms with Crippen molar-refractivity contribution in [2.24, 2.45) is 5.41 Å². The van der Waals surface area contributed by atoms with E-state index in [9.17, 15) is 27.8 Å². The molecule has 3 aliphatic rings. The minimum Gasteiger partial charge on any atom is -0.491 e. The number of aromatic nitrogens is 4. The predicted molar refractivity (Wildman–Crippen MR) is 120 cm³/mol. The van der Waals surface area contributed by atoms with Crippen molar-refractivity contribution in [2.45, 2.75) is 61.7 Å². The molecule has 0 saturated heterocycles. The highest BCUT2D eigenvalue weighted by Crippen LogP contribution is 2.80. The normalized spacial score (nSPS) is 24.9. The minimum absolute atomic E-state index is 0.0149. The molecule has 2 atom stereocenters. The number of tetrazole rings is 1. The van der Waals surface area contributed by atoms with Gasteiger partial charge in [0.2, 0.25) is 6.43 Å². The Morgan fingerprint density at radius 2 is 1.74 bits per heavy atom. The molecular formula is C25H24F6N4O3. The molecule has 204 valence electrons. The SMILES string of the molecule is O[C@H](COc1ccc(C23CC(C(F)(F)[C@](O)(Cn4cnnn4)c4ccc(F)cc4F)(C2)C3)cc1)CC(F)F. The van der Waals surface area contributed by atoms with Crippen molar-refractivity contribution in [1.82, 2.24) is 20.2 Å². The molecule has 0 aliphatic heterocycles. The third-order valence-electron chi connectivity index (χ3n) is 7.73. The van der Waals surface area contributed by atoms with Crippen LogP contribution in [0.2, 0.25) is 0 Å². The summed E-state index contributed by atoms with van der Waals surface area (Å²) < 4.78 is 91.6. The Kier molecular flexibility index (Phi) is 6.41. The van der Waals surface area contributed by atoms with Gasteiger partial charge in [0.1, 0.15) is 30.3 Å². The van der Waals surface area contributed by atoms with Crippen molar-refractivity contribution in [2.75, 3.05) is 6.61 Å². The second-order valence-electron chi connectivity index (χ2n) is 10.3. The molecule has 0 spiro atoms. The Morgan fingerprint density at radius 3 is 2.32 bits per heavy atom. The van der Waals surface area contributed by atoms with Gasteiger partial charge in [0.25, 0.3) is 5.92 Å². The fourth-order valence-electron chi connectivity index (χ4n) is 5.90. The first kappa shape index (κ1) is 26.4. The van der Waals surface area contributed by atoms with E-state index in [0.717, 1.165) is 28.7 Å². The van der Waals surface area contributed by atoms with E-state index in [2.05, 4.69) is 15.5 Å². The largest absolute Gasteiger partial charge is 0.491 e. The Labute approximate surface area is 213 Å². The summed E-state index contributed by atoms with van der Waals surface area (Å²) in [6, 6.07) is 8.55. The molecule has 3 aliphatic carbocycles. The van der Waals surface area contributed by atoms with Gasteiger partial charge in [-0.15, -0.1) is 5.10 Å². The van der Waals surface area contributed by atoms with Crippen LogP contribution in [0.1, 0.15) is 36.8 Å². The summed E-state index contributed by atoms with van der Waals surface area (Å²) in [6.07, 6.45) is -3.63. The lowest BCUT2D eigenvalue weighted by Crippen LogP contribution is -2.76. The molecule has 0 unspecified atom stereocenters. The second kappa shape index (κ2) is 9.23. The summed E-state index contributed by atoms with van der Waals surface area (Å²) in [5.74, 6) is -5.79. The molecule has 7 nitrogen and oxygen atoms in total. The van der Waals surface area contributed by atoms with Crippen molar-refractivity contribution in [3.8, 4) is 5.75 Å². The van der Waals surface area contributed by atoms with Crippen LogP contribution in [0.3, 0.4) is 0 Å². The Bertz CT molecular complexity index is 1270. The van der Waals surface area contributed by atoms with E-state index >= 15 is 8.78 Å². The summed E-state index contributed by atoms with van der Waals surface area (Å²) in [5.41, 5.74) is -5.27. The summed E-state index contributed by atoms with van der Waals surface area (Å²) in [5, 5.41) is 31.3. The molecule has 13 heteroatoms. The van der Waals surface area contributed by atoms with Gasteiger partial charge in [0, 0.05) is 23.5 Å². The van der Waals surface area contributed by atoms with Crippen molar-refractivity contribution in [3.63, 3.8) is 0 Å². The van der Waals surface area contributed by atoms with E-state index in [0.29, 0.717) is 11.8 Å². The van der Waals surface area contributed by atoms with Gasteiger partial charge >= 0.3 is 0 Å². The average Bonchev–Trinajstić information content (AvgIpc) is 3.28. The molecule has 2 bridgehead atoms. The maximum atomic E-state index is 16.2. The van der Waals surface area contributed by atoms with Gasteiger partial charge in [-0.2, -0.15) is 0 Å². The number of nitrogens with zero attached hydrogens (tertiary/aromatic N) is 4. The van der Waals surface area contributed by atoms with Crippen LogP contribution in [0.4, 0.5) is 26.3 Å². The minimum atomic E-state index is -3.84. The van der Waals surface area contributed by atoms with Crippen LogP contribution >= 0.6 is 0 Å². The molecule has 2 aromatic carbocycles. The van der Waals surface area contributed by atoms with Crippen LogP contribution in [-0.2, 0) is 17.6 Å². The average molecular weight is 542 g/mol. The number of aliphatic hydroxyl groups excluding tert-OH is 1. The predicted octanol–water partition coefficient (Wildman–Crippen LogP) is 3.99. The van der Waals surface area contributed by atoms with Crippen molar-refractivity contribution >= 4 is 0 Å². The smallest absolute Gasteiger partial charge is 0.287 e. The lowest BCUT2D eigenvalue weighted by Gasteiger charge is -2.74. The lowest BCUT2D eigenvalue weighted by molar-refractivity contribution is -0.347. The highest BCUT2D eigenvalue weighted by molar-refractivity contribution is 5.44. The first-order valence-corrected chi connectivity index (χ1v) is 11.9. The van der Waals surface area contributed by atoms with Crippen LogP contribution in [-0.4, -0.2) is 55.5 Å². The number of alkyl halides is 4. The Balaban J connectivity index is 1.33. The molecule has 0 amide bonds. The Morgan fingerprint density at radius 1 is 1.05 bits per heavy atom. The zero-order valence-electron chi connectivity index (χ0n) is 19.9. The number of halogens is 6. The third-order valence-corrected chi connectivity index (χ3v) is 7.73. The highest BCUT2D eigenvalue weighted by atomic mass is 19.3. The van der Waals surface area contributed by atoms with Crippen LogP contribution in [0.15, 0.2) is 48.8 Å². The molecule has 3 aromatic rings. The first-order valence-electron chi connectivity index (χ1n) is 11.9. The maximum absolute atomic E-state index is 16.2. The van der Waals surface area contributed by atoms with Gasteiger partial charge in [-0.25, -0.2) is 31.0 Å². The van der Waals surface area contributed by atoms with Crippen LogP contribution in [0.25, 0.3) is 0 Å². The fraction of sp³-hybridized carbons (Fsp3) is 0.480. The van der Waals surface area contributed by atoms with E-state index in [1.807, 2.05) is 0 Å². The number of hydrogen-bond donors (Lipinski definition) is 2. The maximum Gasteiger partial charge on any atom is 0.287 e. The summed E-state index contributed by atoms with van der Waals surface area (Å²) in [6.45, 7) is -1.17. The number of benzene rings is 2. The zero-order valence-corrected chi connectivity index (χ0v) is 19.9. The quantitative estimate of drug-likeness (QED) is 0.356. The second-order valence-corrected chi connectivity index (χ2v) is 10.3. The fourth-order valence-corrected chi connectivity index (χ4v) is 5.90. The van der Waals surface area contributed by atoms with Gasteiger partial charge in [0.15, 0.2) is 5.60 Å². The Hall–Kier alpha value is -3.19. The molecule has 3 fully saturated rings. The standard InChI is InChI=1S/C25H24F6N4O3/c26-16-3-6-19(20(27)7-16)24(37,13-35-14-32-33-34-35)25(30,31)23-10-22(11-23,12-23)15-1-4-18(5-2-15)38-9-17(36)8-21(28)29/h1-7,14,17,21,36-37H,8-13H2/t17-,22?,23?,24-/m0/s1. The number of hydrogen-bond acceptors (Lipinski definition) is 6. The van der Waals surface area contributed by atoms with Crippen LogP contribution in [0, 0.1) is 17.0 Å². The van der Waals surface area contributed by atoms with E-state index in [1.54, 1.807) is 24.3 Å².